The molecular weight excluding hydrogens is 308 g/mol. The third-order valence-electron chi connectivity index (χ3n) is 6.08. The van der Waals surface area contributed by atoms with Crippen LogP contribution in [0, 0.1) is 19.8 Å². The van der Waals surface area contributed by atoms with Crippen LogP contribution in [0.25, 0.3) is 6.08 Å². The molecule has 2 fully saturated rings. The molecule has 3 nitrogen and oxygen atoms in total. The Labute approximate surface area is 152 Å². The second kappa shape index (κ2) is 7.74. The van der Waals surface area contributed by atoms with E-state index in [9.17, 15) is 4.79 Å². The van der Waals surface area contributed by atoms with E-state index in [1.807, 2.05) is 4.90 Å². The van der Waals surface area contributed by atoms with E-state index in [1.165, 1.54) is 23.1 Å². The second-order valence-corrected chi connectivity index (χ2v) is 8.01. The number of allylic oxidation sites excluding steroid dienone is 1. The van der Waals surface area contributed by atoms with Gasteiger partial charge in [0.2, 0.25) is 5.91 Å². The molecule has 1 aromatic carbocycles. The largest absolute Gasteiger partial charge is 0.341 e. The third-order valence-corrected chi connectivity index (χ3v) is 6.08. The molecule has 0 spiro atoms. The molecule has 2 N–H and O–H groups in total. The smallest absolute Gasteiger partial charge is 0.242 e. The Kier molecular flexibility index (Phi) is 5.63. The summed E-state index contributed by atoms with van der Waals surface area (Å²) in [6.45, 7) is 6.02. The fourth-order valence-electron chi connectivity index (χ4n) is 4.33. The summed E-state index contributed by atoms with van der Waals surface area (Å²) in [6, 6.07) is 6.44. The number of rotatable bonds is 3. The summed E-state index contributed by atoms with van der Waals surface area (Å²) in [4.78, 5) is 14.9. The van der Waals surface area contributed by atoms with Crippen LogP contribution in [0.1, 0.15) is 61.6 Å². The monoisotopic (exact) mass is 340 g/mol. The molecule has 0 radical (unpaired) electrons. The van der Waals surface area contributed by atoms with Gasteiger partial charge in [-0.05, 0) is 62.1 Å². The van der Waals surface area contributed by atoms with E-state index in [1.54, 1.807) is 0 Å². The minimum atomic E-state index is -0.584. The molecule has 0 unspecified atom stereocenters. The predicted octanol–water partition coefficient (Wildman–Crippen LogP) is 4.22. The van der Waals surface area contributed by atoms with Gasteiger partial charge in [0.1, 0.15) is 0 Å². The Morgan fingerprint density at radius 1 is 1.12 bits per heavy atom. The van der Waals surface area contributed by atoms with Gasteiger partial charge in [0.15, 0.2) is 0 Å². The summed E-state index contributed by atoms with van der Waals surface area (Å²) >= 11 is 0. The molecule has 25 heavy (non-hydrogen) atoms. The van der Waals surface area contributed by atoms with Crippen molar-refractivity contribution in [3.8, 4) is 0 Å². The van der Waals surface area contributed by atoms with Crippen LogP contribution in [-0.4, -0.2) is 29.4 Å². The molecule has 2 aliphatic rings. The topological polar surface area (TPSA) is 46.3 Å². The molecule has 1 aromatic rings. The number of benzene rings is 1. The maximum absolute atomic E-state index is 12.8. The molecule has 1 saturated carbocycles. The van der Waals surface area contributed by atoms with Crippen LogP contribution < -0.4 is 5.73 Å². The SMILES string of the molecule is Cc1cccc(C)c1C=CC1CCN(C(=O)C2(N)CCCCC2)CC1. The van der Waals surface area contributed by atoms with E-state index >= 15 is 0 Å². The van der Waals surface area contributed by atoms with E-state index in [2.05, 4.69) is 44.2 Å². The fourth-order valence-corrected chi connectivity index (χ4v) is 4.33. The highest BCUT2D eigenvalue weighted by molar-refractivity contribution is 5.86. The van der Waals surface area contributed by atoms with Crippen molar-refractivity contribution in [2.75, 3.05) is 13.1 Å². The second-order valence-electron chi connectivity index (χ2n) is 8.01. The number of hydrogen-bond donors (Lipinski definition) is 1. The Morgan fingerprint density at radius 2 is 1.72 bits per heavy atom. The molecule has 1 aliphatic carbocycles. The van der Waals surface area contributed by atoms with Gasteiger partial charge in [-0.2, -0.15) is 0 Å². The molecular formula is C22H32N2O. The van der Waals surface area contributed by atoms with Crippen LogP contribution in [-0.2, 0) is 4.79 Å². The minimum Gasteiger partial charge on any atom is -0.341 e. The van der Waals surface area contributed by atoms with Gasteiger partial charge in [-0.25, -0.2) is 0 Å². The zero-order valence-corrected chi connectivity index (χ0v) is 15.8. The number of hydrogen-bond acceptors (Lipinski definition) is 2. The van der Waals surface area contributed by atoms with Crippen molar-refractivity contribution >= 4 is 12.0 Å². The number of amides is 1. The average Bonchev–Trinajstić information content (AvgIpc) is 2.62. The lowest BCUT2D eigenvalue weighted by Crippen LogP contribution is -2.57. The van der Waals surface area contributed by atoms with Crippen molar-refractivity contribution in [1.29, 1.82) is 0 Å². The Morgan fingerprint density at radius 3 is 2.32 bits per heavy atom. The number of likely N-dealkylation sites (tertiary alicyclic amines) is 1. The van der Waals surface area contributed by atoms with Crippen molar-refractivity contribution in [2.45, 2.75) is 64.3 Å². The molecule has 0 atom stereocenters. The van der Waals surface area contributed by atoms with Crippen molar-refractivity contribution in [3.63, 3.8) is 0 Å². The standard InChI is InChI=1S/C22H32N2O/c1-17-7-6-8-18(2)20(17)10-9-19-11-15-24(16-12-19)21(25)22(23)13-4-3-5-14-22/h6-10,19H,3-5,11-16,23H2,1-2H3. The van der Waals surface area contributed by atoms with Crippen LogP contribution in [0.4, 0.5) is 0 Å². The summed E-state index contributed by atoms with van der Waals surface area (Å²) < 4.78 is 0. The van der Waals surface area contributed by atoms with Gasteiger partial charge < -0.3 is 10.6 Å². The number of nitrogens with two attached hydrogens (primary N) is 1. The van der Waals surface area contributed by atoms with Gasteiger partial charge in [-0.1, -0.05) is 49.6 Å². The number of aryl methyl sites for hydroxylation is 2. The van der Waals surface area contributed by atoms with Crippen LogP contribution in [0.2, 0.25) is 0 Å². The van der Waals surface area contributed by atoms with Crippen molar-refractivity contribution < 1.29 is 4.79 Å². The maximum atomic E-state index is 12.8. The molecule has 3 rings (SSSR count). The summed E-state index contributed by atoms with van der Waals surface area (Å²) in [5.41, 5.74) is 9.83. The van der Waals surface area contributed by atoms with Gasteiger partial charge in [-0.3, -0.25) is 4.79 Å². The Balaban J connectivity index is 1.57. The van der Waals surface area contributed by atoms with Gasteiger partial charge in [0, 0.05) is 13.1 Å². The van der Waals surface area contributed by atoms with Gasteiger partial charge in [-0.15, -0.1) is 0 Å². The zero-order valence-electron chi connectivity index (χ0n) is 15.8. The van der Waals surface area contributed by atoms with E-state index in [4.69, 9.17) is 5.73 Å². The first-order chi connectivity index (χ1) is 12.0. The molecule has 1 aliphatic heterocycles. The highest BCUT2D eigenvalue weighted by atomic mass is 16.2. The van der Waals surface area contributed by atoms with E-state index in [0.29, 0.717) is 5.92 Å². The van der Waals surface area contributed by atoms with Crippen molar-refractivity contribution in [3.05, 3.63) is 41.0 Å². The van der Waals surface area contributed by atoms with Crippen LogP contribution in [0.15, 0.2) is 24.3 Å². The molecule has 1 heterocycles. The molecule has 0 aromatic heterocycles. The lowest BCUT2D eigenvalue weighted by molar-refractivity contribution is -0.139. The number of carbonyl (C=O) groups is 1. The third kappa shape index (κ3) is 4.14. The van der Waals surface area contributed by atoms with E-state index < -0.39 is 5.54 Å². The quantitative estimate of drug-likeness (QED) is 0.895. The van der Waals surface area contributed by atoms with E-state index in [-0.39, 0.29) is 5.91 Å². The van der Waals surface area contributed by atoms with Gasteiger partial charge >= 0.3 is 0 Å². The number of nitrogens with zero attached hydrogens (tertiary/aromatic N) is 1. The summed E-state index contributed by atoms with van der Waals surface area (Å²) in [6.07, 6.45) is 11.8. The molecule has 0 bridgehead atoms. The van der Waals surface area contributed by atoms with Crippen molar-refractivity contribution in [2.24, 2.45) is 11.7 Å². The lowest BCUT2D eigenvalue weighted by atomic mass is 9.81. The lowest BCUT2D eigenvalue weighted by Gasteiger charge is -2.39. The fraction of sp³-hybridized carbons (Fsp3) is 0.591. The normalized spacial score (nSPS) is 21.6. The zero-order chi connectivity index (χ0) is 17.9. The predicted molar refractivity (Wildman–Crippen MR) is 104 cm³/mol. The maximum Gasteiger partial charge on any atom is 0.242 e. The first-order valence-electron chi connectivity index (χ1n) is 9.82. The molecule has 3 heteroatoms. The summed E-state index contributed by atoms with van der Waals surface area (Å²) in [5.74, 6) is 0.757. The van der Waals surface area contributed by atoms with Gasteiger partial charge in [0.05, 0.1) is 5.54 Å². The van der Waals surface area contributed by atoms with Crippen molar-refractivity contribution in [1.82, 2.24) is 4.90 Å². The molecule has 136 valence electrons. The minimum absolute atomic E-state index is 0.198. The highest BCUT2D eigenvalue weighted by Crippen LogP contribution is 2.30. The Bertz CT molecular complexity index is 615. The first-order valence-corrected chi connectivity index (χ1v) is 9.82. The first kappa shape index (κ1) is 18.2. The van der Waals surface area contributed by atoms with Crippen LogP contribution in [0.5, 0.6) is 0 Å². The summed E-state index contributed by atoms with van der Waals surface area (Å²) in [5, 5.41) is 0. The number of piperidine rings is 1. The average molecular weight is 341 g/mol. The highest BCUT2D eigenvalue weighted by Gasteiger charge is 2.39. The Hall–Kier alpha value is -1.61. The molecule has 1 amide bonds. The summed E-state index contributed by atoms with van der Waals surface area (Å²) in [7, 11) is 0. The van der Waals surface area contributed by atoms with E-state index in [0.717, 1.165) is 51.6 Å². The molecule has 1 saturated heterocycles. The van der Waals surface area contributed by atoms with Crippen LogP contribution in [0.3, 0.4) is 0 Å². The number of carbonyl (C=O) groups excluding carboxylic acids is 1. The van der Waals surface area contributed by atoms with Gasteiger partial charge in [0.25, 0.3) is 0 Å². The van der Waals surface area contributed by atoms with Crippen LogP contribution >= 0.6 is 0 Å².